The second-order valence-corrected chi connectivity index (χ2v) is 8.91. The molecule has 32 heavy (non-hydrogen) atoms. The Morgan fingerprint density at radius 1 is 0.969 bits per heavy atom. The summed E-state index contributed by atoms with van der Waals surface area (Å²) in [7, 11) is -3.61. The summed E-state index contributed by atoms with van der Waals surface area (Å²) in [5, 5.41) is 7.02. The molecule has 1 atom stereocenters. The number of sulfone groups is 1. The number of benzene rings is 2. The molecule has 4 aromatic rings. The van der Waals surface area contributed by atoms with Gasteiger partial charge in [-0.1, -0.05) is 18.2 Å². The topological polar surface area (TPSA) is 140 Å². The molecule has 0 spiro atoms. The summed E-state index contributed by atoms with van der Waals surface area (Å²) >= 11 is 0. The molecular formula is C22H20N6O3S. The van der Waals surface area contributed by atoms with E-state index >= 15 is 0 Å². The van der Waals surface area contributed by atoms with Gasteiger partial charge in [-0.3, -0.25) is 15.1 Å². The predicted octanol–water partition coefficient (Wildman–Crippen LogP) is 2.04. The molecule has 0 saturated carbocycles. The van der Waals surface area contributed by atoms with Crippen molar-refractivity contribution >= 4 is 32.3 Å². The van der Waals surface area contributed by atoms with Crippen LogP contribution in [0.2, 0.25) is 0 Å². The number of carbonyl (C=O) groups is 1. The van der Waals surface area contributed by atoms with E-state index in [0.717, 1.165) is 5.39 Å². The third kappa shape index (κ3) is 4.71. The minimum Gasteiger partial charge on any atom is -0.369 e. The zero-order chi connectivity index (χ0) is 22.6. The zero-order valence-electron chi connectivity index (χ0n) is 16.8. The van der Waals surface area contributed by atoms with Gasteiger partial charge in [0.15, 0.2) is 0 Å². The predicted molar refractivity (Wildman–Crippen MR) is 119 cm³/mol. The molecule has 162 valence electrons. The van der Waals surface area contributed by atoms with Gasteiger partial charge >= 0.3 is 0 Å². The monoisotopic (exact) mass is 448 g/mol. The van der Waals surface area contributed by atoms with Gasteiger partial charge in [0, 0.05) is 17.3 Å². The Labute approximate surface area is 184 Å². The molecular weight excluding hydrogens is 428 g/mol. The molecule has 9 nitrogen and oxygen atoms in total. The van der Waals surface area contributed by atoms with Crippen LogP contribution in [0.3, 0.4) is 0 Å². The average molecular weight is 449 g/mol. The Bertz CT molecular complexity index is 1350. The fraction of sp³-hybridized carbons (Fsp3) is 0.0909. The van der Waals surface area contributed by atoms with Crippen LogP contribution < -0.4 is 16.4 Å². The summed E-state index contributed by atoms with van der Waals surface area (Å²) in [5.74, 6) is -0.523. The fourth-order valence-electron chi connectivity index (χ4n) is 3.12. The van der Waals surface area contributed by atoms with Crippen molar-refractivity contribution < 1.29 is 13.2 Å². The van der Waals surface area contributed by atoms with E-state index in [0.29, 0.717) is 16.9 Å². The lowest BCUT2D eigenvalue weighted by atomic mass is 10.2. The standard InChI is InChI=1S/C22H20N6O3S/c23-21(29)13-26-22(19-10-15-11-24-14-27-20(15)12-25-19)28-16-6-8-18(9-7-16)32(30,31)17-4-2-1-3-5-17/h1-12,14,22,26,28H,13H2,(H2,23,29). The Hall–Kier alpha value is -3.89. The first kappa shape index (κ1) is 21.3. The first-order valence-electron chi connectivity index (χ1n) is 9.67. The van der Waals surface area contributed by atoms with E-state index in [1.807, 2.05) is 0 Å². The Balaban J connectivity index is 1.60. The van der Waals surface area contributed by atoms with Crippen LogP contribution in [0.4, 0.5) is 5.69 Å². The van der Waals surface area contributed by atoms with Gasteiger partial charge < -0.3 is 11.1 Å². The summed E-state index contributed by atoms with van der Waals surface area (Å²) in [4.78, 5) is 24.3. The third-order valence-electron chi connectivity index (χ3n) is 4.72. The molecule has 2 aromatic carbocycles. The number of rotatable bonds is 8. The fourth-order valence-corrected chi connectivity index (χ4v) is 4.41. The van der Waals surface area contributed by atoms with Crippen molar-refractivity contribution in [2.45, 2.75) is 16.0 Å². The Morgan fingerprint density at radius 2 is 1.69 bits per heavy atom. The largest absolute Gasteiger partial charge is 0.369 e. The number of nitrogens with two attached hydrogens (primary N) is 1. The number of primary amides is 1. The van der Waals surface area contributed by atoms with Crippen LogP contribution in [0.1, 0.15) is 11.9 Å². The van der Waals surface area contributed by atoms with Gasteiger partial charge in [0.1, 0.15) is 12.5 Å². The SMILES string of the molecule is NC(=O)CNC(Nc1ccc(S(=O)(=O)c2ccccc2)cc1)c1cc2cncnc2cn1. The van der Waals surface area contributed by atoms with Gasteiger partial charge in [-0.25, -0.2) is 18.4 Å². The maximum absolute atomic E-state index is 12.8. The van der Waals surface area contributed by atoms with Gasteiger partial charge in [-0.2, -0.15) is 0 Å². The van der Waals surface area contributed by atoms with Crippen LogP contribution in [-0.4, -0.2) is 35.8 Å². The van der Waals surface area contributed by atoms with Crippen molar-refractivity contribution in [3.05, 3.63) is 85.1 Å². The van der Waals surface area contributed by atoms with Crippen LogP contribution >= 0.6 is 0 Å². The highest BCUT2D eigenvalue weighted by atomic mass is 32.2. The number of hydrogen-bond donors (Lipinski definition) is 3. The van der Waals surface area contributed by atoms with Gasteiger partial charge in [-0.15, -0.1) is 0 Å². The van der Waals surface area contributed by atoms with Gasteiger partial charge in [0.05, 0.1) is 33.7 Å². The molecule has 1 unspecified atom stereocenters. The second-order valence-electron chi connectivity index (χ2n) is 6.96. The van der Waals surface area contributed by atoms with E-state index in [1.54, 1.807) is 60.9 Å². The molecule has 2 heterocycles. The van der Waals surface area contributed by atoms with Crippen LogP contribution in [0.5, 0.6) is 0 Å². The van der Waals surface area contributed by atoms with Crippen LogP contribution in [0, 0.1) is 0 Å². The third-order valence-corrected chi connectivity index (χ3v) is 6.50. The lowest BCUT2D eigenvalue weighted by molar-refractivity contribution is -0.117. The molecule has 0 saturated heterocycles. The van der Waals surface area contributed by atoms with Crippen LogP contribution in [-0.2, 0) is 14.6 Å². The lowest BCUT2D eigenvalue weighted by Gasteiger charge is -2.21. The molecule has 4 rings (SSSR count). The minimum absolute atomic E-state index is 0.0802. The molecule has 2 aromatic heterocycles. The molecule has 0 bridgehead atoms. The van der Waals surface area contributed by atoms with E-state index < -0.39 is 21.9 Å². The Morgan fingerprint density at radius 3 is 2.41 bits per heavy atom. The van der Waals surface area contributed by atoms with Crippen LogP contribution in [0.15, 0.2) is 89.2 Å². The molecule has 0 aliphatic rings. The maximum atomic E-state index is 12.8. The quantitative estimate of drug-likeness (QED) is 0.348. The van der Waals surface area contributed by atoms with Gasteiger partial charge in [0.25, 0.3) is 0 Å². The number of pyridine rings is 1. The number of fused-ring (bicyclic) bond motifs is 1. The molecule has 0 aliphatic carbocycles. The lowest BCUT2D eigenvalue weighted by Crippen LogP contribution is -2.35. The highest BCUT2D eigenvalue weighted by molar-refractivity contribution is 7.91. The number of nitrogens with zero attached hydrogens (tertiary/aromatic N) is 3. The van der Waals surface area contributed by atoms with Crippen LogP contribution in [0.25, 0.3) is 10.9 Å². The summed E-state index contributed by atoms with van der Waals surface area (Å²) in [5.41, 5.74) is 7.20. The molecule has 0 aliphatic heterocycles. The summed E-state index contributed by atoms with van der Waals surface area (Å²) in [6, 6.07) is 16.4. The Kier molecular flexibility index (Phi) is 6.06. The highest BCUT2D eigenvalue weighted by Gasteiger charge is 2.18. The number of amides is 1. The van der Waals surface area contributed by atoms with Crippen molar-refractivity contribution in [2.75, 3.05) is 11.9 Å². The molecule has 10 heteroatoms. The molecule has 0 radical (unpaired) electrons. The number of hydrogen-bond acceptors (Lipinski definition) is 8. The molecule has 0 fully saturated rings. The first-order chi connectivity index (χ1) is 15.4. The number of nitrogens with one attached hydrogen (secondary N) is 2. The smallest absolute Gasteiger partial charge is 0.231 e. The van der Waals surface area contributed by atoms with Crippen molar-refractivity contribution in [1.29, 1.82) is 0 Å². The van der Waals surface area contributed by atoms with Crippen molar-refractivity contribution in [3.8, 4) is 0 Å². The minimum atomic E-state index is -3.61. The van der Waals surface area contributed by atoms with Crippen molar-refractivity contribution in [3.63, 3.8) is 0 Å². The van der Waals surface area contributed by atoms with E-state index in [1.165, 1.54) is 18.5 Å². The van der Waals surface area contributed by atoms with Gasteiger partial charge in [-0.05, 0) is 42.5 Å². The second kappa shape index (κ2) is 9.08. The normalized spacial score (nSPS) is 12.4. The van der Waals surface area contributed by atoms with Crippen molar-refractivity contribution in [2.24, 2.45) is 5.73 Å². The van der Waals surface area contributed by atoms with E-state index in [-0.39, 0.29) is 16.3 Å². The van der Waals surface area contributed by atoms with Gasteiger partial charge in [0.2, 0.25) is 15.7 Å². The van der Waals surface area contributed by atoms with Crippen molar-refractivity contribution in [1.82, 2.24) is 20.3 Å². The maximum Gasteiger partial charge on any atom is 0.231 e. The molecule has 1 amide bonds. The first-order valence-corrected chi connectivity index (χ1v) is 11.2. The average Bonchev–Trinajstić information content (AvgIpc) is 2.82. The summed E-state index contributed by atoms with van der Waals surface area (Å²) in [6.45, 7) is -0.0802. The van der Waals surface area contributed by atoms with E-state index in [4.69, 9.17) is 5.73 Å². The molecule has 4 N–H and O–H groups in total. The number of carbonyl (C=O) groups excluding carboxylic acids is 1. The highest BCUT2D eigenvalue weighted by Crippen LogP contribution is 2.24. The van der Waals surface area contributed by atoms with E-state index in [2.05, 4.69) is 25.6 Å². The zero-order valence-corrected chi connectivity index (χ0v) is 17.7. The number of anilines is 1. The summed E-state index contributed by atoms with van der Waals surface area (Å²) in [6.07, 6.45) is 4.16. The van der Waals surface area contributed by atoms with E-state index in [9.17, 15) is 13.2 Å². The number of aromatic nitrogens is 3. The summed E-state index contributed by atoms with van der Waals surface area (Å²) < 4.78 is 25.6.